The molecule has 0 aliphatic carbocycles. The van der Waals surface area contributed by atoms with Crippen molar-refractivity contribution >= 4 is 46.6 Å². The molecule has 1 aromatic rings. The topological polar surface area (TPSA) is 20.2 Å². The number of hydrogen-bond acceptors (Lipinski definition) is 2. The molecule has 0 saturated heterocycles. The van der Waals surface area contributed by atoms with Crippen LogP contribution in [0.4, 0.5) is 0 Å². The highest BCUT2D eigenvalue weighted by atomic mass is 35.5. The molecular formula is C13H17Cl3OS. The molecule has 0 radical (unpaired) electrons. The number of thioether (sulfide) groups is 1. The van der Waals surface area contributed by atoms with Crippen molar-refractivity contribution in [1.82, 2.24) is 0 Å². The van der Waals surface area contributed by atoms with E-state index in [2.05, 4.69) is 27.7 Å². The second kappa shape index (κ2) is 6.13. The summed E-state index contributed by atoms with van der Waals surface area (Å²) in [5, 5.41) is 10.7. The zero-order valence-corrected chi connectivity index (χ0v) is 13.9. The van der Waals surface area contributed by atoms with Crippen LogP contribution in [0, 0.1) is 5.41 Å². The molecule has 18 heavy (non-hydrogen) atoms. The van der Waals surface area contributed by atoms with E-state index < -0.39 is 0 Å². The van der Waals surface area contributed by atoms with Crippen LogP contribution in [0.1, 0.15) is 34.1 Å². The van der Waals surface area contributed by atoms with Gasteiger partial charge in [0, 0.05) is 10.1 Å². The van der Waals surface area contributed by atoms with Crippen LogP contribution in [-0.2, 0) is 0 Å². The fraction of sp³-hybridized carbons (Fsp3) is 0.538. The van der Waals surface area contributed by atoms with E-state index in [9.17, 15) is 5.11 Å². The third kappa shape index (κ3) is 3.63. The van der Waals surface area contributed by atoms with E-state index in [4.69, 9.17) is 34.8 Å². The lowest BCUT2D eigenvalue weighted by Crippen LogP contribution is -2.22. The number of rotatable bonds is 3. The van der Waals surface area contributed by atoms with Gasteiger partial charge in [0.15, 0.2) is 5.75 Å². The van der Waals surface area contributed by atoms with Gasteiger partial charge in [-0.1, -0.05) is 62.5 Å². The molecule has 0 aliphatic rings. The quantitative estimate of drug-likeness (QED) is 0.521. The van der Waals surface area contributed by atoms with Crippen molar-refractivity contribution in [2.24, 2.45) is 5.41 Å². The predicted molar refractivity (Wildman–Crippen MR) is 82.5 cm³/mol. The Morgan fingerprint density at radius 1 is 1.22 bits per heavy atom. The van der Waals surface area contributed by atoms with Gasteiger partial charge >= 0.3 is 0 Å². The lowest BCUT2D eigenvalue weighted by atomic mass is 9.90. The Labute approximate surface area is 128 Å². The van der Waals surface area contributed by atoms with E-state index in [0.29, 0.717) is 10.3 Å². The first kappa shape index (κ1) is 16.3. The Bertz CT molecular complexity index is 441. The monoisotopic (exact) mass is 326 g/mol. The highest BCUT2D eigenvalue weighted by Crippen LogP contribution is 2.47. The van der Waals surface area contributed by atoms with Crippen LogP contribution >= 0.6 is 46.6 Å². The molecule has 0 fully saturated rings. The molecule has 1 atom stereocenters. The van der Waals surface area contributed by atoms with Crippen LogP contribution in [-0.4, -0.2) is 10.4 Å². The van der Waals surface area contributed by atoms with Crippen molar-refractivity contribution in [3.05, 3.63) is 21.1 Å². The maximum atomic E-state index is 9.61. The molecule has 0 amide bonds. The molecule has 0 spiro atoms. The maximum Gasteiger partial charge on any atom is 0.154 e. The lowest BCUT2D eigenvalue weighted by molar-refractivity contribution is 0.387. The van der Waals surface area contributed by atoms with Crippen molar-refractivity contribution in [2.45, 2.75) is 44.3 Å². The zero-order valence-electron chi connectivity index (χ0n) is 10.9. The molecule has 1 nitrogen and oxygen atoms in total. The molecular weight excluding hydrogens is 311 g/mol. The fourth-order valence-corrected chi connectivity index (χ4v) is 3.75. The highest BCUT2D eigenvalue weighted by Gasteiger charge is 2.26. The normalized spacial score (nSPS) is 13.7. The zero-order chi connectivity index (χ0) is 14.1. The third-order valence-corrected chi connectivity index (χ3v) is 5.87. The van der Waals surface area contributed by atoms with E-state index >= 15 is 0 Å². The summed E-state index contributed by atoms with van der Waals surface area (Å²) in [5.74, 6) is -0.156. The Kier molecular flexibility index (Phi) is 5.55. The number of phenolic OH excluding ortho intramolecular Hbond substituents is 1. The average Bonchev–Trinajstić information content (AvgIpc) is 2.27. The third-order valence-electron chi connectivity index (χ3n) is 2.71. The number of aromatic hydroxyl groups is 1. The van der Waals surface area contributed by atoms with E-state index in [1.165, 1.54) is 0 Å². The minimum absolute atomic E-state index is 0.121. The first-order chi connectivity index (χ1) is 8.18. The second-order valence-electron chi connectivity index (χ2n) is 5.21. The summed E-state index contributed by atoms with van der Waals surface area (Å²) in [6.07, 6.45) is 1.01. The first-order valence-corrected chi connectivity index (χ1v) is 7.73. The highest BCUT2D eigenvalue weighted by molar-refractivity contribution is 8.00. The van der Waals surface area contributed by atoms with Crippen molar-refractivity contribution in [3.8, 4) is 5.75 Å². The molecule has 1 unspecified atom stereocenters. The van der Waals surface area contributed by atoms with Gasteiger partial charge in [-0.25, -0.2) is 0 Å². The lowest BCUT2D eigenvalue weighted by Gasteiger charge is -2.29. The number of hydrogen-bond donors (Lipinski definition) is 1. The SMILES string of the molecule is CCC(Sc1cc(Cl)c(O)c(Cl)c1Cl)C(C)(C)C. The number of halogens is 3. The molecule has 0 aromatic heterocycles. The summed E-state index contributed by atoms with van der Waals surface area (Å²) in [7, 11) is 0. The van der Waals surface area contributed by atoms with Crippen LogP contribution in [0.15, 0.2) is 11.0 Å². The summed E-state index contributed by atoms with van der Waals surface area (Å²) >= 11 is 19.7. The molecule has 5 heteroatoms. The summed E-state index contributed by atoms with van der Waals surface area (Å²) in [6, 6.07) is 1.67. The molecule has 1 aromatic carbocycles. The van der Waals surface area contributed by atoms with Gasteiger partial charge in [0.25, 0.3) is 0 Å². The van der Waals surface area contributed by atoms with E-state index in [1.54, 1.807) is 17.8 Å². The molecule has 102 valence electrons. The van der Waals surface area contributed by atoms with Gasteiger partial charge in [-0.05, 0) is 17.9 Å². The van der Waals surface area contributed by atoms with Gasteiger partial charge in [-0.2, -0.15) is 0 Å². The minimum Gasteiger partial charge on any atom is -0.505 e. The standard InChI is InChI=1S/C13H17Cl3OS/c1-5-9(13(2,3)4)18-8-6-7(14)12(17)11(16)10(8)15/h6,9,17H,5H2,1-4H3. The van der Waals surface area contributed by atoms with Crippen molar-refractivity contribution in [2.75, 3.05) is 0 Å². The van der Waals surface area contributed by atoms with Crippen molar-refractivity contribution in [1.29, 1.82) is 0 Å². The largest absolute Gasteiger partial charge is 0.505 e. The molecule has 1 N–H and O–H groups in total. The molecule has 0 saturated carbocycles. The Hall–Kier alpha value is 0.240. The predicted octanol–water partition coefficient (Wildman–Crippen LogP) is 6.27. The Morgan fingerprint density at radius 3 is 2.22 bits per heavy atom. The van der Waals surface area contributed by atoms with Gasteiger partial charge in [0.05, 0.1) is 10.0 Å². The van der Waals surface area contributed by atoms with Crippen LogP contribution in [0.25, 0.3) is 0 Å². The van der Waals surface area contributed by atoms with Crippen LogP contribution in [0.5, 0.6) is 5.75 Å². The Balaban J connectivity index is 3.12. The molecule has 0 heterocycles. The van der Waals surface area contributed by atoms with Gasteiger partial charge in [0.2, 0.25) is 0 Å². The average molecular weight is 328 g/mol. The molecule has 0 bridgehead atoms. The summed E-state index contributed by atoms with van der Waals surface area (Å²) in [6.45, 7) is 8.70. The minimum atomic E-state index is -0.156. The van der Waals surface area contributed by atoms with E-state index in [0.717, 1.165) is 11.3 Å². The number of phenols is 1. The second-order valence-corrected chi connectivity index (χ2v) is 7.62. The van der Waals surface area contributed by atoms with Gasteiger partial charge < -0.3 is 5.11 Å². The van der Waals surface area contributed by atoms with E-state index in [1.807, 2.05) is 0 Å². The maximum absolute atomic E-state index is 9.61. The van der Waals surface area contributed by atoms with Crippen molar-refractivity contribution in [3.63, 3.8) is 0 Å². The fourth-order valence-electron chi connectivity index (χ4n) is 1.68. The van der Waals surface area contributed by atoms with Gasteiger partial charge in [0.1, 0.15) is 5.02 Å². The summed E-state index contributed by atoms with van der Waals surface area (Å²) in [5.41, 5.74) is 0.152. The molecule has 1 rings (SSSR count). The van der Waals surface area contributed by atoms with Crippen LogP contribution in [0.2, 0.25) is 15.1 Å². The van der Waals surface area contributed by atoms with Gasteiger partial charge in [-0.3, -0.25) is 0 Å². The number of benzene rings is 1. The van der Waals surface area contributed by atoms with E-state index in [-0.39, 0.29) is 21.2 Å². The Morgan fingerprint density at radius 2 is 1.78 bits per heavy atom. The molecule has 0 aliphatic heterocycles. The summed E-state index contributed by atoms with van der Waals surface area (Å²) < 4.78 is 0. The first-order valence-electron chi connectivity index (χ1n) is 5.71. The summed E-state index contributed by atoms with van der Waals surface area (Å²) in [4.78, 5) is 0.811. The smallest absolute Gasteiger partial charge is 0.154 e. The van der Waals surface area contributed by atoms with Gasteiger partial charge in [-0.15, -0.1) is 11.8 Å². The van der Waals surface area contributed by atoms with Crippen LogP contribution < -0.4 is 0 Å². The van der Waals surface area contributed by atoms with Crippen molar-refractivity contribution < 1.29 is 5.11 Å². The van der Waals surface area contributed by atoms with Crippen LogP contribution in [0.3, 0.4) is 0 Å².